The SMILES string of the molecule is Cc1ccc(-c2onc(N)c2-c2ccccn2)cc1Br. The third-order valence-electron chi connectivity index (χ3n) is 3.07. The standard InChI is InChI=1S/C15H12BrN3O/c1-9-5-6-10(8-11(9)16)14-13(15(17)19-20-14)12-4-2-3-7-18-12/h2-8H,1H3,(H2,17,19). The highest BCUT2D eigenvalue weighted by atomic mass is 79.9. The number of hydrogen-bond acceptors (Lipinski definition) is 4. The molecular weight excluding hydrogens is 318 g/mol. The van der Waals surface area contributed by atoms with Gasteiger partial charge in [-0.05, 0) is 30.7 Å². The van der Waals surface area contributed by atoms with E-state index in [1.165, 1.54) is 0 Å². The largest absolute Gasteiger partial charge is 0.380 e. The van der Waals surface area contributed by atoms with Crippen LogP contribution in [-0.2, 0) is 0 Å². The molecule has 0 unspecified atom stereocenters. The van der Waals surface area contributed by atoms with Gasteiger partial charge in [0.15, 0.2) is 11.6 Å². The Morgan fingerprint density at radius 2 is 2.05 bits per heavy atom. The summed E-state index contributed by atoms with van der Waals surface area (Å²) < 4.78 is 6.41. The topological polar surface area (TPSA) is 64.9 Å². The average molecular weight is 330 g/mol. The molecule has 0 radical (unpaired) electrons. The number of benzene rings is 1. The van der Waals surface area contributed by atoms with Crippen molar-refractivity contribution in [2.45, 2.75) is 6.92 Å². The highest BCUT2D eigenvalue weighted by Gasteiger charge is 2.18. The molecule has 0 atom stereocenters. The highest BCUT2D eigenvalue weighted by Crippen LogP contribution is 2.36. The summed E-state index contributed by atoms with van der Waals surface area (Å²) in [5.41, 5.74) is 9.46. The molecule has 2 N–H and O–H groups in total. The third-order valence-corrected chi connectivity index (χ3v) is 3.93. The van der Waals surface area contributed by atoms with E-state index in [9.17, 15) is 0 Å². The Morgan fingerprint density at radius 1 is 1.20 bits per heavy atom. The first-order chi connectivity index (χ1) is 9.66. The minimum atomic E-state index is 0.343. The Bertz CT molecular complexity index is 753. The lowest BCUT2D eigenvalue weighted by atomic mass is 10.0. The monoisotopic (exact) mass is 329 g/mol. The molecule has 0 saturated heterocycles. The van der Waals surface area contributed by atoms with Crippen LogP contribution in [0.1, 0.15) is 5.56 Å². The first-order valence-corrected chi connectivity index (χ1v) is 6.89. The summed E-state index contributed by atoms with van der Waals surface area (Å²) in [4.78, 5) is 4.32. The molecule has 0 amide bonds. The van der Waals surface area contributed by atoms with Crippen molar-refractivity contribution in [3.8, 4) is 22.6 Å². The number of anilines is 1. The minimum absolute atomic E-state index is 0.343. The van der Waals surface area contributed by atoms with Crippen LogP contribution in [0.25, 0.3) is 22.6 Å². The first-order valence-electron chi connectivity index (χ1n) is 6.10. The van der Waals surface area contributed by atoms with Crippen molar-refractivity contribution in [3.05, 3.63) is 52.6 Å². The Labute approximate surface area is 124 Å². The molecule has 0 spiro atoms. The van der Waals surface area contributed by atoms with E-state index in [1.807, 2.05) is 43.3 Å². The van der Waals surface area contributed by atoms with Crippen LogP contribution >= 0.6 is 15.9 Å². The lowest BCUT2D eigenvalue weighted by Crippen LogP contribution is -1.90. The fourth-order valence-electron chi connectivity index (χ4n) is 1.99. The lowest BCUT2D eigenvalue weighted by Gasteiger charge is -2.04. The maximum absolute atomic E-state index is 5.92. The summed E-state index contributed by atoms with van der Waals surface area (Å²) in [7, 11) is 0. The van der Waals surface area contributed by atoms with Crippen LogP contribution in [0.4, 0.5) is 5.82 Å². The van der Waals surface area contributed by atoms with E-state index in [4.69, 9.17) is 10.3 Å². The molecule has 0 saturated carbocycles. The van der Waals surface area contributed by atoms with E-state index in [1.54, 1.807) is 6.20 Å². The number of nitrogens with two attached hydrogens (primary N) is 1. The van der Waals surface area contributed by atoms with E-state index in [-0.39, 0.29) is 0 Å². The molecule has 20 heavy (non-hydrogen) atoms. The zero-order valence-corrected chi connectivity index (χ0v) is 12.4. The zero-order valence-electron chi connectivity index (χ0n) is 10.8. The molecule has 0 aliphatic carbocycles. The number of pyridine rings is 1. The number of aromatic nitrogens is 2. The van der Waals surface area contributed by atoms with Crippen molar-refractivity contribution in [2.24, 2.45) is 0 Å². The summed E-state index contributed by atoms with van der Waals surface area (Å²) in [6.45, 7) is 2.03. The van der Waals surface area contributed by atoms with Crippen LogP contribution in [0, 0.1) is 6.92 Å². The van der Waals surface area contributed by atoms with Crippen LogP contribution < -0.4 is 5.73 Å². The van der Waals surface area contributed by atoms with E-state index in [2.05, 4.69) is 26.1 Å². The molecule has 0 aliphatic rings. The van der Waals surface area contributed by atoms with Gasteiger partial charge < -0.3 is 10.3 Å². The van der Waals surface area contributed by atoms with E-state index in [0.717, 1.165) is 26.9 Å². The average Bonchev–Trinajstić information content (AvgIpc) is 2.85. The summed E-state index contributed by atoms with van der Waals surface area (Å²) in [5.74, 6) is 0.970. The number of hydrogen-bond donors (Lipinski definition) is 1. The second-order valence-electron chi connectivity index (χ2n) is 4.45. The van der Waals surface area contributed by atoms with Gasteiger partial charge in [0, 0.05) is 16.2 Å². The van der Waals surface area contributed by atoms with Gasteiger partial charge in [-0.25, -0.2) is 0 Å². The third kappa shape index (κ3) is 2.20. The Balaban J connectivity index is 2.18. The fourth-order valence-corrected chi connectivity index (χ4v) is 2.37. The van der Waals surface area contributed by atoms with Gasteiger partial charge in [0.25, 0.3) is 0 Å². The molecule has 100 valence electrons. The van der Waals surface area contributed by atoms with Crippen molar-refractivity contribution < 1.29 is 4.52 Å². The Morgan fingerprint density at radius 3 is 2.75 bits per heavy atom. The fraction of sp³-hybridized carbons (Fsp3) is 0.0667. The van der Waals surface area contributed by atoms with Crippen molar-refractivity contribution >= 4 is 21.7 Å². The van der Waals surface area contributed by atoms with Crippen molar-refractivity contribution in [3.63, 3.8) is 0 Å². The molecule has 1 aromatic carbocycles. The maximum atomic E-state index is 5.92. The van der Waals surface area contributed by atoms with Gasteiger partial charge in [-0.1, -0.05) is 39.3 Å². The van der Waals surface area contributed by atoms with Crippen LogP contribution in [0.2, 0.25) is 0 Å². The van der Waals surface area contributed by atoms with Gasteiger partial charge in [0.2, 0.25) is 0 Å². The summed E-state index contributed by atoms with van der Waals surface area (Å²) in [6.07, 6.45) is 1.72. The van der Waals surface area contributed by atoms with Crippen LogP contribution in [0.15, 0.2) is 51.6 Å². The quantitative estimate of drug-likeness (QED) is 0.770. The molecule has 0 bridgehead atoms. The summed E-state index contributed by atoms with van der Waals surface area (Å²) >= 11 is 3.52. The molecule has 0 aliphatic heterocycles. The first kappa shape index (κ1) is 12.9. The van der Waals surface area contributed by atoms with Gasteiger partial charge in [-0.2, -0.15) is 0 Å². The van der Waals surface area contributed by atoms with Crippen molar-refractivity contribution in [1.29, 1.82) is 0 Å². The van der Waals surface area contributed by atoms with Gasteiger partial charge in [0.05, 0.1) is 11.3 Å². The summed E-state index contributed by atoms with van der Waals surface area (Å²) in [5, 5.41) is 3.87. The smallest absolute Gasteiger partial charge is 0.178 e. The molecule has 5 heteroatoms. The maximum Gasteiger partial charge on any atom is 0.178 e. The molecule has 2 aromatic heterocycles. The number of aryl methyl sites for hydroxylation is 1. The predicted molar refractivity (Wildman–Crippen MR) is 82.0 cm³/mol. The van der Waals surface area contributed by atoms with Gasteiger partial charge in [-0.15, -0.1) is 0 Å². The highest BCUT2D eigenvalue weighted by molar-refractivity contribution is 9.10. The minimum Gasteiger partial charge on any atom is -0.380 e. The Kier molecular flexibility index (Phi) is 3.28. The van der Waals surface area contributed by atoms with Crippen LogP contribution in [-0.4, -0.2) is 10.1 Å². The van der Waals surface area contributed by atoms with Gasteiger partial charge in [-0.3, -0.25) is 4.98 Å². The van der Waals surface area contributed by atoms with Crippen LogP contribution in [0.5, 0.6) is 0 Å². The second kappa shape index (κ2) is 5.09. The molecule has 3 aromatic rings. The lowest BCUT2D eigenvalue weighted by molar-refractivity contribution is 0.436. The molecular formula is C15H12BrN3O. The number of rotatable bonds is 2. The second-order valence-corrected chi connectivity index (χ2v) is 5.31. The summed E-state index contributed by atoms with van der Waals surface area (Å²) in [6, 6.07) is 11.6. The number of nitrogens with zero attached hydrogens (tertiary/aromatic N) is 2. The molecule has 2 heterocycles. The molecule has 4 nitrogen and oxygen atoms in total. The number of nitrogen functional groups attached to an aromatic ring is 1. The van der Waals surface area contributed by atoms with E-state index >= 15 is 0 Å². The Hall–Kier alpha value is -2.14. The van der Waals surface area contributed by atoms with Crippen molar-refractivity contribution in [1.82, 2.24) is 10.1 Å². The van der Waals surface area contributed by atoms with Gasteiger partial charge >= 0.3 is 0 Å². The number of halogens is 1. The van der Waals surface area contributed by atoms with Crippen molar-refractivity contribution in [2.75, 3.05) is 5.73 Å². The van der Waals surface area contributed by atoms with E-state index < -0.39 is 0 Å². The van der Waals surface area contributed by atoms with Gasteiger partial charge in [0.1, 0.15) is 0 Å². The normalized spacial score (nSPS) is 10.7. The van der Waals surface area contributed by atoms with E-state index in [0.29, 0.717) is 11.6 Å². The van der Waals surface area contributed by atoms with Crippen LogP contribution in [0.3, 0.4) is 0 Å². The molecule has 0 fully saturated rings. The zero-order chi connectivity index (χ0) is 14.1. The predicted octanol–water partition coefficient (Wildman–Crippen LogP) is 4.06. The molecule has 3 rings (SSSR count).